The number of carbonyl (C=O) groups excluding carboxylic acids is 1. The molecule has 3 aromatic carbocycles. The number of hydrogen-bond donors (Lipinski definition) is 1. The van der Waals surface area contributed by atoms with Gasteiger partial charge in [0.25, 0.3) is 0 Å². The maximum absolute atomic E-state index is 13.3. The van der Waals surface area contributed by atoms with Gasteiger partial charge in [0.05, 0.1) is 25.3 Å². The van der Waals surface area contributed by atoms with E-state index >= 15 is 0 Å². The molecule has 6 rings (SSSR count). The molecule has 1 aliphatic carbocycles. The molecule has 0 radical (unpaired) electrons. The molecule has 2 aliphatic heterocycles. The molecule has 0 saturated carbocycles. The van der Waals surface area contributed by atoms with Gasteiger partial charge >= 0.3 is 6.09 Å². The first-order chi connectivity index (χ1) is 16.2. The number of phenols is 1. The molecular formula is C28H25NO4. The van der Waals surface area contributed by atoms with Crippen molar-refractivity contribution in [3.63, 3.8) is 0 Å². The normalized spacial score (nSPS) is 21.2. The van der Waals surface area contributed by atoms with Crippen molar-refractivity contribution in [2.45, 2.75) is 24.4 Å². The summed E-state index contributed by atoms with van der Waals surface area (Å²) in [7, 11) is 0. The number of carbonyl (C=O) groups is 1. The SMILES string of the molecule is O=C(OCC1c2ccccc2-c2ccccc21)N1C2C=C(c3cccc(O)c3)CC1COC2. The number of benzene rings is 3. The third-order valence-electron chi connectivity index (χ3n) is 6.96. The standard InChI is InChI=1S/C28H25NO4/c30-22-7-5-6-18(14-22)19-12-20-15-32-16-21(13-19)29(20)28(31)33-17-27-25-10-3-1-8-23(25)24-9-2-4-11-26(24)27/h1-12,14,20-21,27,30H,13,15-17H2. The Morgan fingerprint density at radius 3 is 2.39 bits per heavy atom. The van der Waals surface area contributed by atoms with Gasteiger partial charge in [-0.3, -0.25) is 4.90 Å². The maximum Gasteiger partial charge on any atom is 0.410 e. The molecule has 3 aliphatic rings. The van der Waals surface area contributed by atoms with Crippen molar-refractivity contribution in [1.29, 1.82) is 0 Å². The Morgan fingerprint density at radius 1 is 0.970 bits per heavy atom. The summed E-state index contributed by atoms with van der Waals surface area (Å²) in [5, 5.41) is 9.86. The van der Waals surface area contributed by atoms with Gasteiger partial charge in [-0.05, 0) is 51.9 Å². The van der Waals surface area contributed by atoms with E-state index in [1.165, 1.54) is 22.3 Å². The molecule has 1 fully saturated rings. The van der Waals surface area contributed by atoms with E-state index in [0.717, 1.165) is 11.1 Å². The zero-order valence-electron chi connectivity index (χ0n) is 18.2. The van der Waals surface area contributed by atoms with E-state index in [1.54, 1.807) is 12.1 Å². The molecule has 5 nitrogen and oxygen atoms in total. The van der Waals surface area contributed by atoms with Gasteiger partial charge < -0.3 is 14.6 Å². The highest BCUT2D eigenvalue weighted by Gasteiger charge is 2.40. The lowest BCUT2D eigenvalue weighted by atomic mass is 9.90. The van der Waals surface area contributed by atoms with Gasteiger partial charge in [-0.1, -0.05) is 66.7 Å². The lowest BCUT2D eigenvalue weighted by molar-refractivity contribution is -0.0331. The van der Waals surface area contributed by atoms with Crippen LogP contribution in [0.1, 0.15) is 29.0 Å². The van der Waals surface area contributed by atoms with Crippen LogP contribution in [0.15, 0.2) is 78.9 Å². The van der Waals surface area contributed by atoms with Gasteiger partial charge in [0.2, 0.25) is 0 Å². The fourth-order valence-corrected chi connectivity index (χ4v) is 5.47. The van der Waals surface area contributed by atoms with Crippen LogP contribution in [0.4, 0.5) is 4.79 Å². The average Bonchev–Trinajstić information content (AvgIpc) is 3.15. The summed E-state index contributed by atoms with van der Waals surface area (Å²) >= 11 is 0. The minimum absolute atomic E-state index is 0.0422. The Labute approximate surface area is 192 Å². The van der Waals surface area contributed by atoms with E-state index in [-0.39, 0.29) is 29.8 Å². The third kappa shape index (κ3) is 3.49. The summed E-state index contributed by atoms with van der Waals surface area (Å²) in [6.45, 7) is 1.24. The van der Waals surface area contributed by atoms with Crippen molar-refractivity contribution in [3.8, 4) is 16.9 Å². The highest BCUT2D eigenvalue weighted by Crippen LogP contribution is 2.44. The van der Waals surface area contributed by atoms with Crippen molar-refractivity contribution in [3.05, 3.63) is 95.6 Å². The van der Waals surface area contributed by atoms with E-state index in [0.29, 0.717) is 26.2 Å². The number of nitrogens with zero attached hydrogens (tertiary/aromatic N) is 1. The molecule has 2 bridgehead atoms. The van der Waals surface area contributed by atoms with Crippen LogP contribution in [-0.2, 0) is 9.47 Å². The van der Waals surface area contributed by atoms with Crippen molar-refractivity contribution < 1.29 is 19.4 Å². The van der Waals surface area contributed by atoms with E-state index in [4.69, 9.17) is 9.47 Å². The topological polar surface area (TPSA) is 59.0 Å². The van der Waals surface area contributed by atoms with Crippen LogP contribution in [-0.4, -0.2) is 48.0 Å². The first-order valence-electron chi connectivity index (χ1n) is 11.4. The molecule has 2 atom stereocenters. The quantitative estimate of drug-likeness (QED) is 0.610. The van der Waals surface area contributed by atoms with Crippen molar-refractivity contribution in [1.82, 2.24) is 4.90 Å². The van der Waals surface area contributed by atoms with Crippen LogP contribution in [0.25, 0.3) is 16.7 Å². The lowest BCUT2D eigenvalue weighted by Crippen LogP contribution is -2.56. The number of morpholine rings is 1. The van der Waals surface area contributed by atoms with Crippen LogP contribution in [0.3, 0.4) is 0 Å². The number of ether oxygens (including phenoxy) is 2. The summed E-state index contributed by atoms with van der Waals surface area (Å²) in [6, 6.07) is 23.7. The molecular weight excluding hydrogens is 414 g/mol. The summed E-state index contributed by atoms with van der Waals surface area (Å²) in [5.41, 5.74) is 6.97. The predicted octanol–water partition coefficient (Wildman–Crippen LogP) is 5.20. The molecule has 2 heterocycles. The highest BCUT2D eigenvalue weighted by atomic mass is 16.6. The van der Waals surface area contributed by atoms with Crippen molar-refractivity contribution in [2.75, 3.05) is 19.8 Å². The number of hydrogen-bond acceptors (Lipinski definition) is 4. The minimum Gasteiger partial charge on any atom is -0.508 e. The zero-order valence-corrected chi connectivity index (χ0v) is 18.2. The first kappa shape index (κ1) is 20.1. The molecule has 33 heavy (non-hydrogen) atoms. The number of phenolic OH excluding ortho intramolecular Hbond substituents is 1. The summed E-state index contributed by atoms with van der Waals surface area (Å²) < 4.78 is 11.7. The fourth-order valence-electron chi connectivity index (χ4n) is 5.47. The van der Waals surface area contributed by atoms with Gasteiger partial charge in [0, 0.05) is 5.92 Å². The largest absolute Gasteiger partial charge is 0.508 e. The van der Waals surface area contributed by atoms with E-state index in [1.807, 2.05) is 29.2 Å². The van der Waals surface area contributed by atoms with Gasteiger partial charge in [-0.25, -0.2) is 4.79 Å². The van der Waals surface area contributed by atoms with Gasteiger partial charge in [-0.2, -0.15) is 0 Å². The van der Waals surface area contributed by atoms with Crippen LogP contribution in [0.5, 0.6) is 5.75 Å². The number of rotatable bonds is 3. The molecule has 0 aromatic heterocycles. The van der Waals surface area contributed by atoms with Crippen molar-refractivity contribution in [2.24, 2.45) is 0 Å². The smallest absolute Gasteiger partial charge is 0.410 e. The average molecular weight is 440 g/mol. The molecule has 0 spiro atoms. The number of fused-ring (bicyclic) bond motifs is 5. The highest BCUT2D eigenvalue weighted by molar-refractivity contribution is 5.79. The van der Waals surface area contributed by atoms with Gasteiger partial charge in [0.1, 0.15) is 12.4 Å². The lowest BCUT2D eigenvalue weighted by Gasteiger charge is -2.44. The first-order valence-corrected chi connectivity index (χ1v) is 11.4. The van der Waals surface area contributed by atoms with Crippen LogP contribution < -0.4 is 0 Å². The second-order valence-electron chi connectivity index (χ2n) is 8.92. The van der Waals surface area contributed by atoms with Crippen LogP contribution >= 0.6 is 0 Å². The van der Waals surface area contributed by atoms with Gasteiger partial charge in [0.15, 0.2) is 0 Å². The second kappa shape index (κ2) is 8.09. The molecule has 1 N–H and O–H groups in total. The van der Waals surface area contributed by atoms with Gasteiger partial charge in [-0.15, -0.1) is 0 Å². The molecule has 1 amide bonds. The Bertz CT molecular complexity index is 1200. The Hall–Kier alpha value is -3.57. The Balaban J connectivity index is 1.22. The van der Waals surface area contributed by atoms with Crippen LogP contribution in [0.2, 0.25) is 0 Å². The Kier molecular flexibility index (Phi) is 4.92. The second-order valence-corrected chi connectivity index (χ2v) is 8.92. The van der Waals surface area contributed by atoms with Crippen LogP contribution in [0, 0.1) is 0 Å². The fraction of sp³-hybridized carbons (Fsp3) is 0.250. The number of amides is 1. The summed E-state index contributed by atoms with van der Waals surface area (Å²) in [5.74, 6) is 0.286. The minimum atomic E-state index is -0.290. The van der Waals surface area contributed by atoms with E-state index < -0.39 is 0 Å². The molecule has 166 valence electrons. The number of aromatic hydroxyl groups is 1. The summed E-state index contributed by atoms with van der Waals surface area (Å²) in [6.07, 6.45) is 2.46. The van der Waals surface area contributed by atoms with E-state index in [9.17, 15) is 9.90 Å². The molecule has 3 aromatic rings. The molecule has 1 saturated heterocycles. The monoisotopic (exact) mass is 439 g/mol. The predicted molar refractivity (Wildman–Crippen MR) is 126 cm³/mol. The Morgan fingerprint density at radius 2 is 1.70 bits per heavy atom. The van der Waals surface area contributed by atoms with E-state index in [2.05, 4.69) is 42.5 Å². The summed E-state index contributed by atoms with van der Waals surface area (Å²) in [4.78, 5) is 15.1. The third-order valence-corrected chi connectivity index (χ3v) is 6.96. The van der Waals surface area contributed by atoms with Crippen molar-refractivity contribution >= 4 is 11.7 Å². The zero-order chi connectivity index (χ0) is 22.4. The molecule has 5 heteroatoms. The maximum atomic E-state index is 13.3. The molecule has 2 unspecified atom stereocenters.